The van der Waals surface area contributed by atoms with Gasteiger partial charge >= 0.3 is 0 Å². The topological polar surface area (TPSA) is 100 Å². The van der Waals surface area contributed by atoms with Crippen LogP contribution in [0.4, 0.5) is 21.7 Å². The molecule has 2 aliphatic rings. The minimum atomic E-state index is -0.536. The molecular weight excluding hydrogens is 411 g/mol. The largest absolute Gasteiger partial charge is 0.367 e. The molecule has 2 fully saturated rings. The van der Waals surface area contributed by atoms with Gasteiger partial charge in [-0.2, -0.15) is 9.61 Å². The van der Waals surface area contributed by atoms with Crippen molar-refractivity contribution in [2.24, 2.45) is 0 Å². The number of carbonyl (C=O) groups is 2. The molecule has 2 amide bonds. The van der Waals surface area contributed by atoms with Gasteiger partial charge < -0.3 is 10.6 Å². The molecule has 10 heteroatoms. The summed E-state index contributed by atoms with van der Waals surface area (Å²) in [4.78, 5) is 28.0. The number of amides is 2. The lowest BCUT2D eigenvalue weighted by atomic mass is 10.1. The molecule has 1 aliphatic heterocycles. The molecule has 0 radical (unpaired) electrons. The smallest absolute Gasteiger partial charge is 0.254 e. The lowest BCUT2D eigenvalue weighted by molar-refractivity contribution is -0.124. The minimum Gasteiger partial charge on any atom is -0.367 e. The normalized spacial score (nSPS) is 17.6. The zero-order valence-electron chi connectivity index (χ0n) is 15.6. The van der Waals surface area contributed by atoms with Gasteiger partial charge in [0.25, 0.3) is 5.91 Å². The monoisotopic (exact) mass is 426 g/mol. The zero-order chi connectivity index (χ0) is 20.8. The van der Waals surface area contributed by atoms with Crippen LogP contribution in [0.5, 0.6) is 0 Å². The number of imide groups is 1. The van der Waals surface area contributed by atoms with Crippen LogP contribution >= 0.6 is 11.6 Å². The SMILES string of the molecule is O=C1C/C(=C\c2cnn3c(NC4CC4)cc(Nc4cccc(F)c4Cl)nc23)C(=O)N1. The van der Waals surface area contributed by atoms with E-state index in [4.69, 9.17) is 11.6 Å². The van der Waals surface area contributed by atoms with Crippen LogP contribution in [0, 0.1) is 5.82 Å². The molecule has 0 bridgehead atoms. The summed E-state index contributed by atoms with van der Waals surface area (Å²) in [5.41, 5.74) is 1.80. The maximum atomic E-state index is 13.8. The average molecular weight is 427 g/mol. The van der Waals surface area contributed by atoms with Crippen LogP contribution in [-0.2, 0) is 9.59 Å². The van der Waals surface area contributed by atoms with E-state index in [0.29, 0.717) is 40.1 Å². The fraction of sp³-hybridized carbons (Fsp3) is 0.200. The summed E-state index contributed by atoms with van der Waals surface area (Å²) in [5.74, 6) is -0.156. The first kappa shape index (κ1) is 18.6. The van der Waals surface area contributed by atoms with E-state index in [2.05, 4.69) is 26.0 Å². The van der Waals surface area contributed by atoms with Crippen molar-refractivity contribution in [2.75, 3.05) is 10.6 Å². The lowest BCUT2D eigenvalue weighted by Gasteiger charge is -2.12. The lowest BCUT2D eigenvalue weighted by Crippen LogP contribution is -2.19. The van der Waals surface area contributed by atoms with Gasteiger partial charge in [0.05, 0.1) is 23.3 Å². The minimum absolute atomic E-state index is 0.0141. The Morgan fingerprint density at radius 1 is 1.30 bits per heavy atom. The fourth-order valence-electron chi connectivity index (χ4n) is 3.23. The number of aromatic nitrogens is 3. The summed E-state index contributed by atoms with van der Waals surface area (Å²) in [6, 6.07) is 6.60. The Balaban J connectivity index is 1.59. The number of nitrogens with one attached hydrogen (secondary N) is 3. The highest BCUT2D eigenvalue weighted by molar-refractivity contribution is 6.33. The second-order valence-electron chi connectivity index (χ2n) is 7.23. The van der Waals surface area contributed by atoms with E-state index < -0.39 is 11.7 Å². The predicted molar refractivity (Wildman–Crippen MR) is 110 cm³/mol. The summed E-state index contributed by atoms with van der Waals surface area (Å²) < 4.78 is 15.4. The molecule has 1 aliphatic carbocycles. The van der Waals surface area contributed by atoms with Gasteiger partial charge in [0, 0.05) is 23.2 Å². The average Bonchev–Trinajstić information content (AvgIpc) is 3.34. The van der Waals surface area contributed by atoms with E-state index >= 15 is 0 Å². The molecule has 2 aromatic heterocycles. The van der Waals surface area contributed by atoms with E-state index in [0.717, 1.165) is 12.8 Å². The van der Waals surface area contributed by atoms with Gasteiger partial charge in [0.1, 0.15) is 17.5 Å². The molecule has 0 unspecified atom stereocenters. The highest BCUT2D eigenvalue weighted by atomic mass is 35.5. The predicted octanol–water partition coefficient (Wildman–Crippen LogP) is 3.27. The van der Waals surface area contributed by atoms with E-state index in [1.54, 1.807) is 35.0 Å². The van der Waals surface area contributed by atoms with Crippen molar-refractivity contribution < 1.29 is 14.0 Å². The number of halogens is 2. The van der Waals surface area contributed by atoms with Crippen LogP contribution in [0.3, 0.4) is 0 Å². The number of nitrogens with zero attached hydrogens (tertiary/aromatic N) is 3. The number of rotatable bonds is 5. The van der Waals surface area contributed by atoms with Gasteiger partial charge in [-0.25, -0.2) is 9.37 Å². The maximum Gasteiger partial charge on any atom is 0.254 e. The van der Waals surface area contributed by atoms with Gasteiger partial charge in [0.15, 0.2) is 5.65 Å². The Bertz CT molecular complexity index is 1230. The van der Waals surface area contributed by atoms with Crippen LogP contribution < -0.4 is 16.0 Å². The fourth-order valence-corrected chi connectivity index (χ4v) is 3.41. The first-order valence-electron chi connectivity index (χ1n) is 9.39. The van der Waals surface area contributed by atoms with Crippen LogP contribution in [-0.4, -0.2) is 32.5 Å². The molecule has 3 aromatic rings. The molecule has 3 heterocycles. The third-order valence-electron chi connectivity index (χ3n) is 4.87. The third-order valence-corrected chi connectivity index (χ3v) is 5.25. The molecule has 3 N–H and O–H groups in total. The molecule has 1 saturated carbocycles. The van der Waals surface area contributed by atoms with Gasteiger partial charge in [-0.3, -0.25) is 14.9 Å². The molecule has 5 rings (SSSR count). The summed E-state index contributed by atoms with van der Waals surface area (Å²) in [5, 5.41) is 13.0. The highest BCUT2D eigenvalue weighted by Gasteiger charge is 2.26. The van der Waals surface area contributed by atoms with Crippen molar-refractivity contribution in [1.29, 1.82) is 0 Å². The van der Waals surface area contributed by atoms with Crippen LogP contribution in [0.2, 0.25) is 5.02 Å². The maximum absolute atomic E-state index is 13.8. The molecule has 8 nitrogen and oxygen atoms in total. The molecule has 1 aromatic carbocycles. The second-order valence-corrected chi connectivity index (χ2v) is 7.61. The number of fused-ring (bicyclic) bond motifs is 1. The number of benzene rings is 1. The third kappa shape index (κ3) is 3.48. The Kier molecular flexibility index (Phi) is 4.39. The quantitative estimate of drug-likeness (QED) is 0.427. The van der Waals surface area contributed by atoms with Crippen molar-refractivity contribution >= 4 is 52.5 Å². The van der Waals surface area contributed by atoms with Crippen LogP contribution in [0.15, 0.2) is 36.0 Å². The number of hydrogen-bond donors (Lipinski definition) is 3. The molecule has 0 atom stereocenters. The molecule has 1 saturated heterocycles. The van der Waals surface area contributed by atoms with Gasteiger partial charge in [0.2, 0.25) is 5.91 Å². The summed E-state index contributed by atoms with van der Waals surface area (Å²) >= 11 is 6.06. The van der Waals surface area contributed by atoms with E-state index in [9.17, 15) is 14.0 Å². The summed E-state index contributed by atoms with van der Waals surface area (Å²) in [7, 11) is 0. The summed E-state index contributed by atoms with van der Waals surface area (Å²) in [6.07, 6.45) is 5.32. The molecule has 30 heavy (non-hydrogen) atoms. The van der Waals surface area contributed by atoms with Crippen molar-refractivity contribution in [1.82, 2.24) is 19.9 Å². The van der Waals surface area contributed by atoms with E-state index in [1.807, 2.05) is 0 Å². The van der Waals surface area contributed by atoms with Crippen molar-refractivity contribution in [3.63, 3.8) is 0 Å². The number of carbonyl (C=O) groups excluding carboxylic acids is 2. The Morgan fingerprint density at radius 3 is 2.87 bits per heavy atom. The molecule has 152 valence electrons. The standard InChI is InChI=1S/C20H16ClFN6O2/c21-18-13(22)2-1-3-14(18)25-15-8-16(24-12-4-5-12)28-19(26-15)11(9-23-28)6-10-7-17(29)27-20(10)30/h1-3,6,8-9,12,24H,4-5,7H2,(H,25,26)(H,27,29,30)/b10-6+. The van der Waals surface area contributed by atoms with Gasteiger partial charge in [-0.05, 0) is 31.1 Å². The number of hydrogen-bond acceptors (Lipinski definition) is 6. The van der Waals surface area contributed by atoms with E-state index in [1.165, 1.54) is 6.07 Å². The van der Waals surface area contributed by atoms with Gasteiger partial charge in [-0.15, -0.1) is 0 Å². The Labute approximate surface area is 175 Å². The Morgan fingerprint density at radius 2 is 2.13 bits per heavy atom. The second kappa shape index (κ2) is 7.10. The van der Waals surface area contributed by atoms with Crippen molar-refractivity contribution in [2.45, 2.75) is 25.3 Å². The first-order chi connectivity index (χ1) is 14.5. The highest BCUT2D eigenvalue weighted by Crippen LogP contribution is 2.31. The Hall–Kier alpha value is -3.46. The summed E-state index contributed by atoms with van der Waals surface area (Å²) in [6.45, 7) is 0. The van der Waals surface area contributed by atoms with Crippen molar-refractivity contribution in [3.8, 4) is 0 Å². The molecular formula is C20H16ClFN6O2. The number of anilines is 3. The van der Waals surface area contributed by atoms with E-state index in [-0.39, 0.29) is 17.4 Å². The zero-order valence-corrected chi connectivity index (χ0v) is 16.3. The van der Waals surface area contributed by atoms with Crippen molar-refractivity contribution in [3.05, 3.63) is 52.4 Å². The first-order valence-corrected chi connectivity index (χ1v) is 9.77. The van der Waals surface area contributed by atoms with Crippen LogP contribution in [0.25, 0.3) is 11.7 Å². The van der Waals surface area contributed by atoms with Crippen LogP contribution in [0.1, 0.15) is 24.8 Å². The van der Waals surface area contributed by atoms with Gasteiger partial charge in [-0.1, -0.05) is 17.7 Å². The molecule has 0 spiro atoms.